The predicted molar refractivity (Wildman–Crippen MR) is 118 cm³/mol. The number of hydrogen-bond donors (Lipinski definition) is 1. The SMILES string of the molecule is COCCN1C(=O)C(=O)C(=C(O)c2ccc3c(c2)CC(C)O3)C1c1ccc(Cl)cc1Cl. The third kappa shape index (κ3) is 3.91. The number of Topliss-reactive ketones (excluding diaryl/α,β-unsaturated/α-hetero) is 1. The zero-order chi connectivity index (χ0) is 22.3. The molecule has 8 heteroatoms. The smallest absolute Gasteiger partial charge is 0.295 e. The fraction of sp³-hybridized carbons (Fsp3) is 0.304. The Morgan fingerprint density at radius 1 is 1.23 bits per heavy atom. The van der Waals surface area contributed by atoms with Gasteiger partial charge in [-0.2, -0.15) is 0 Å². The summed E-state index contributed by atoms with van der Waals surface area (Å²) in [6.45, 7) is 2.35. The van der Waals surface area contributed by atoms with Crippen LogP contribution in [-0.4, -0.2) is 48.1 Å². The van der Waals surface area contributed by atoms with Crippen molar-refractivity contribution in [2.45, 2.75) is 25.5 Å². The highest BCUT2D eigenvalue weighted by Gasteiger charge is 2.46. The number of carbonyl (C=O) groups excluding carboxylic acids is 2. The van der Waals surface area contributed by atoms with E-state index < -0.39 is 17.7 Å². The van der Waals surface area contributed by atoms with E-state index in [1.165, 1.54) is 12.0 Å². The van der Waals surface area contributed by atoms with Crippen molar-refractivity contribution in [3.05, 3.63) is 68.7 Å². The van der Waals surface area contributed by atoms with Gasteiger partial charge in [0.25, 0.3) is 11.7 Å². The van der Waals surface area contributed by atoms with Crippen LogP contribution in [0.1, 0.15) is 29.7 Å². The first-order valence-corrected chi connectivity index (χ1v) is 10.6. The van der Waals surface area contributed by atoms with Crippen molar-refractivity contribution in [1.82, 2.24) is 4.90 Å². The molecule has 1 saturated heterocycles. The number of rotatable bonds is 5. The van der Waals surface area contributed by atoms with Crippen LogP contribution in [0.5, 0.6) is 5.75 Å². The number of nitrogens with zero attached hydrogens (tertiary/aromatic N) is 1. The summed E-state index contributed by atoms with van der Waals surface area (Å²) >= 11 is 12.5. The highest BCUT2D eigenvalue weighted by atomic mass is 35.5. The number of aliphatic hydroxyl groups excluding tert-OH is 1. The highest BCUT2D eigenvalue weighted by molar-refractivity contribution is 6.47. The molecule has 2 aromatic rings. The number of ketones is 1. The lowest BCUT2D eigenvalue weighted by Crippen LogP contribution is -2.32. The Hall–Kier alpha value is -2.54. The van der Waals surface area contributed by atoms with Gasteiger partial charge in [-0.05, 0) is 48.4 Å². The first-order valence-electron chi connectivity index (χ1n) is 9.84. The number of amides is 1. The van der Waals surface area contributed by atoms with Gasteiger partial charge in [-0.15, -0.1) is 0 Å². The van der Waals surface area contributed by atoms with Crippen LogP contribution in [0.15, 0.2) is 42.0 Å². The number of carbonyl (C=O) groups is 2. The summed E-state index contributed by atoms with van der Waals surface area (Å²) in [7, 11) is 1.51. The van der Waals surface area contributed by atoms with E-state index in [1.54, 1.807) is 36.4 Å². The largest absolute Gasteiger partial charge is 0.507 e. The lowest BCUT2D eigenvalue weighted by atomic mass is 9.94. The zero-order valence-corrected chi connectivity index (χ0v) is 18.5. The normalized spacial score (nSPS) is 22.0. The van der Waals surface area contributed by atoms with Crippen molar-refractivity contribution >= 4 is 40.7 Å². The topological polar surface area (TPSA) is 76.1 Å². The van der Waals surface area contributed by atoms with Crippen LogP contribution in [0.25, 0.3) is 5.76 Å². The molecule has 1 fully saturated rings. The fourth-order valence-corrected chi connectivity index (χ4v) is 4.58. The van der Waals surface area contributed by atoms with Gasteiger partial charge in [-0.3, -0.25) is 9.59 Å². The Bertz CT molecular complexity index is 1100. The molecule has 2 aliphatic rings. The van der Waals surface area contributed by atoms with Crippen molar-refractivity contribution in [3.8, 4) is 5.75 Å². The van der Waals surface area contributed by atoms with Gasteiger partial charge in [-0.25, -0.2) is 0 Å². The fourth-order valence-electron chi connectivity index (χ4n) is 4.07. The molecule has 2 aromatic carbocycles. The second-order valence-electron chi connectivity index (χ2n) is 7.61. The minimum Gasteiger partial charge on any atom is -0.507 e. The minimum atomic E-state index is -0.858. The Kier molecular flexibility index (Phi) is 5.97. The Labute approximate surface area is 190 Å². The summed E-state index contributed by atoms with van der Waals surface area (Å²) < 4.78 is 10.8. The number of halogens is 2. The average Bonchev–Trinajstić information content (AvgIpc) is 3.22. The number of likely N-dealkylation sites (tertiary alicyclic amines) is 1. The maximum atomic E-state index is 13.0. The molecule has 31 heavy (non-hydrogen) atoms. The summed E-state index contributed by atoms with van der Waals surface area (Å²) in [5, 5.41) is 11.9. The van der Waals surface area contributed by atoms with E-state index in [2.05, 4.69) is 0 Å². The molecule has 2 heterocycles. The van der Waals surface area contributed by atoms with Gasteiger partial charge in [-0.1, -0.05) is 29.3 Å². The first-order chi connectivity index (χ1) is 14.8. The van der Waals surface area contributed by atoms with Gasteiger partial charge >= 0.3 is 0 Å². The highest BCUT2D eigenvalue weighted by Crippen LogP contribution is 2.43. The predicted octanol–water partition coefficient (Wildman–Crippen LogP) is 4.38. The molecule has 0 radical (unpaired) electrons. The van der Waals surface area contributed by atoms with E-state index in [1.807, 2.05) is 6.92 Å². The number of aliphatic hydroxyl groups is 1. The molecule has 2 unspecified atom stereocenters. The molecule has 162 valence electrons. The molecule has 0 bridgehead atoms. The zero-order valence-electron chi connectivity index (χ0n) is 17.0. The van der Waals surface area contributed by atoms with Crippen LogP contribution in [-0.2, 0) is 20.7 Å². The second kappa shape index (κ2) is 8.54. The summed E-state index contributed by atoms with van der Waals surface area (Å²) in [6.07, 6.45) is 0.741. The Morgan fingerprint density at radius 3 is 2.71 bits per heavy atom. The lowest BCUT2D eigenvalue weighted by Gasteiger charge is -2.25. The van der Waals surface area contributed by atoms with Crippen LogP contribution in [0.3, 0.4) is 0 Å². The molecular weight excluding hydrogens is 441 g/mol. The maximum absolute atomic E-state index is 13.0. The second-order valence-corrected chi connectivity index (χ2v) is 8.45. The lowest BCUT2D eigenvalue weighted by molar-refractivity contribution is -0.140. The standard InChI is InChI=1S/C23H21Cl2NO5/c1-12-9-14-10-13(3-6-18(14)31-12)21(27)19-20(16-5-4-15(24)11-17(16)25)26(7-8-30-2)23(29)22(19)28/h3-6,10-12,20,27H,7-9H2,1-2H3. The van der Waals surface area contributed by atoms with Crippen LogP contribution in [0.2, 0.25) is 10.0 Å². The van der Waals surface area contributed by atoms with Gasteiger partial charge in [0.1, 0.15) is 17.6 Å². The number of fused-ring (bicyclic) bond motifs is 1. The first kappa shape index (κ1) is 21.7. The third-order valence-electron chi connectivity index (χ3n) is 5.50. The third-order valence-corrected chi connectivity index (χ3v) is 6.07. The quantitative estimate of drug-likeness (QED) is 0.406. The molecule has 0 aromatic heterocycles. The summed E-state index contributed by atoms with van der Waals surface area (Å²) in [6, 6.07) is 9.21. The minimum absolute atomic E-state index is 0.0164. The Morgan fingerprint density at radius 2 is 2.00 bits per heavy atom. The van der Waals surface area contributed by atoms with Crippen LogP contribution < -0.4 is 4.74 Å². The molecule has 0 spiro atoms. The van der Waals surface area contributed by atoms with Crippen molar-refractivity contribution in [2.75, 3.05) is 20.3 Å². The van der Waals surface area contributed by atoms with Crippen molar-refractivity contribution in [1.29, 1.82) is 0 Å². The maximum Gasteiger partial charge on any atom is 0.295 e. The van der Waals surface area contributed by atoms with Crippen LogP contribution in [0, 0.1) is 0 Å². The van der Waals surface area contributed by atoms with Gasteiger partial charge in [0.15, 0.2) is 0 Å². The van der Waals surface area contributed by atoms with Crippen LogP contribution >= 0.6 is 23.2 Å². The summed E-state index contributed by atoms with van der Waals surface area (Å²) in [5.41, 5.74) is 1.86. The van der Waals surface area contributed by atoms with Crippen molar-refractivity contribution < 1.29 is 24.2 Å². The van der Waals surface area contributed by atoms with E-state index >= 15 is 0 Å². The molecule has 1 N–H and O–H groups in total. The van der Waals surface area contributed by atoms with E-state index in [0.29, 0.717) is 27.6 Å². The number of ether oxygens (including phenoxy) is 2. The van der Waals surface area contributed by atoms with Gasteiger partial charge in [0.05, 0.1) is 18.2 Å². The van der Waals surface area contributed by atoms with Crippen molar-refractivity contribution in [2.24, 2.45) is 0 Å². The van der Waals surface area contributed by atoms with E-state index in [0.717, 1.165) is 11.3 Å². The van der Waals surface area contributed by atoms with E-state index in [4.69, 9.17) is 32.7 Å². The van der Waals surface area contributed by atoms with Gasteiger partial charge < -0.3 is 19.5 Å². The van der Waals surface area contributed by atoms with Crippen molar-refractivity contribution in [3.63, 3.8) is 0 Å². The molecule has 2 atom stereocenters. The molecule has 4 rings (SSSR count). The van der Waals surface area contributed by atoms with E-state index in [-0.39, 0.29) is 30.6 Å². The molecule has 6 nitrogen and oxygen atoms in total. The number of hydrogen-bond acceptors (Lipinski definition) is 5. The number of methoxy groups -OCH3 is 1. The molecular formula is C23H21Cl2NO5. The van der Waals surface area contributed by atoms with E-state index in [9.17, 15) is 14.7 Å². The summed E-state index contributed by atoms with van der Waals surface area (Å²) in [4.78, 5) is 27.2. The molecule has 1 amide bonds. The number of benzene rings is 2. The summed E-state index contributed by atoms with van der Waals surface area (Å²) in [5.74, 6) is -0.985. The van der Waals surface area contributed by atoms with Gasteiger partial charge in [0.2, 0.25) is 0 Å². The monoisotopic (exact) mass is 461 g/mol. The molecule has 0 aliphatic carbocycles. The van der Waals surface area contributed by atoms with Gasteiger partial charge in [0, 0.05) is 35.7 Å². The average molecular weight is 462 g/mol. The Balaban J connectivity index is 1.86. The molecule has 0 saturated carbocycles. The molecule has 2 aliphatic heterocycles. The van der Waals surface area contributed by atoms with Crippen LogP contribution in [0.4, 0.5) is 0 Å².